The Kier molecular flexibility index (Phi) is 6.44. The molecule has 25 heavy (non-hydrogen) atoms. The number of hydroxylamine groups is 1. The Morgan fingerprint density at radius 2 is 1.92 bits per heavy atom. The molecule has 0 heterocycles. The summed E-state index contributed by atoms with van der Waals surface area (Å²) in [6, 6.07) is 5.93. The van der Waals surface area contributed by atoms with Crippen molar-refractivity contribution in [2.45, 2.75) is 37.5 Å². The topological polar surface area (TPSA) is 105 Å². The van der Waals surface area contributed by atoms with Gasteiger partial charge in [0.25, 0.3) is 15.9 Å². The number of carbonyl (C=O) groups excluding carboxylic acids is 1. The van der Waals surface area contributed by atoms with E-state index in [4.69, 9.17) is 9.94 Å². The van der Waals surface area contributed by atoms with Crippen molar-refractivity contribution in [1.29, 1.82) is 0 Å². The number of ether oxygens (including phenoxy) is 1. The largest absolute Gasteiger partial charge is 0.481 e. The molecule has 0 spiro atoms. The van der Waals surface area contributed by atoms with Crippen molar-refractivity contribution < 1.29 is 23.2 Å². The standard InChI is InChI=1S/C17H20N2O5S/c1-2-3-12-24-13-8-10-14(11-9-13)25(22,23)19-16-7-5-4-6-15(16)17(20)18-21/h8-11,19,21H,4-7,12H2,1H3,(H,18,20). The molecule has 1 aliphatic carbocycles. The molecule has 1 aromatic rings. The van der Waals surface area contributed by atoms with Gasteiger partial charge in [-0.25, -0.2) is 13.9 Å². The lowest BCUT2D eigenvalue weighted by Crippen LogP contribution is -2.31. The van der Waals surface area contributed by atoms with Crippen molar-refractivity contribution >= 4 is 15.9 Å². The molecule has 3 N–H and O–H groups in total. The molecule has 2 rings (SSSR count). The van der Waals surface area contributed by atoms with Crippen LogP contribution in [0.3, 0.4) is 0 Å². The zero-order valence-corrected chi connectivity index (χ0v) is 14.6. The van der Waals surface area contributed by atoms with Gasteiger partial charge in [-0.05, 0) is 56.9 Å². The van der Waals surface area contributed by atoms with Crippen LogP contribution in [-0.2, 0) is 14.8 Å². The van der Waals surface area contributed by atoms with Gasteiger partial charge < -0.3 is 4.74 Å². The van der Waals surface area contributed by atoms with E-state index in [-0.39, 0.29) is 17.1 Å². The number of sulfonamides is 1. The number of hydrogen-bond donors (Lipinski definition) is 3. The van der Waals surface area contributed by atoms with Crippen LogP contribution in [0.4, 0.5) is 0 Å². The third kappa shape index (κ3) is 4.98. The Morgan fingerprint density at radius 3 is 2.56 bits per heavy atom. The molecule has 1 aromatic carbocycles. The van der Waals surface area contributed by atoms with Crippen molar-refractivity contribution in [2.75, 3.05) is 6.61 Å². The van der Waals surface area contributed by atoms with Crippen LogP contribution >= 0.6 is 0 Å². The molecule has 1 aliphatic rings. The summed E-state index contributed by atoms with van der Waals surface area (Å²) in [5.74, 6) is 5.28. The Labute approximate surface area is 147 Å². The first kappa shape index (κ1) is 18.8. The fourth-order valence-electron chi connectivity index (χ4n) is 2.46. The molecular weight excluding hydrogens is 344 g/mol. The molecule has 7 nitrogen and oxygen atoms in total. The number of amides is 1. The maximum atomic E-state index is 12.5. The number of hydrogen-bond acceptors (Lipinski definition) is 5. The van der Waals surface area contributed by atoms with Crippen LogP contribution in [-0.4, -0.2) is 26.1 Å². The maximum absolute atomic E-state index is 12.5. The highest BCUT2D eigenvalue weighted by Crippen LogP contribution is 2.25. The van der Waals surface area contributed by atoms with Gasteiger partial charge in [-0.15, -0.1) is 5.92 Å². The van der Waals surface area contributed by atoms with E-state index in [0.717, 1.165) is 12.8 Å². The zero-order chi connectivity index (χ0) is 18.3. The first-order chi connectivity index (χ1) is 12.0. The second-order valence-corrected chi connectivity index (χ2v) is 7.08. The van der Waals surface area contributed by atoms with E-state index in [1.807, 2.05) is 0 Å². The summed E-state index contributed by atoms with van der Waals surface area (Å²) in [5, 5.41) is 8.81. The van der Waals surface area contributed by atoms with E-state index in [0.29, 0.717) is 24.3 Å². The smallest absolute Gasteiger partial charge is 0.272 e. The predicted molar refractivity (Wildman–Crippen MR) is 91.1 cm³/mol. The Hall–Kier alpha value is -2.50. The number of rotatable bonds is 6. The number of carbonyl (C=O) groups is 1. The molecule has 1 amide bonds. The highest BCUT2D eigenvalue weighted by Gasteiger charge is 2.23. The summed E-state index contributed by atoms with van der Waals surface area (Å²) in [4.78, 5) is 11.7. The lowest BCUT2D eigenvalue weighted by molar-refractivity contribution is -0.125. The second-order valence-electron chi connectivity index (χ2n) is 5.40. The fraction of sp³-hybridized carbons (Fsp3) is 0.353. The van der Waals surface area contributed by atoms with E-state index < -0.39 is 15.9 Å². The Balaban J connectivity index is 2.18. The van der Waals surface area contributed by atoms with Gasteiger partial charge in [0.2, 0.25) is 0 Å². The SMILES string of the molecule is CC#CCOc1ccc(S(=O)(=O)NC2=C(C(=O)NO)CCCC2)cc1. The van der Waals surface area contributed by atoms with Crippen molar-refractivity contribution in [3.63, 3.8) is 0 Å². The van der Waals surface area contributed by atoms with Crippen LogP contribution < -0.4 is 14.9 Å². The molecule has 0 fully saturated rings. The van der Waals surface area contributed by atoms with E-state index in [2.05, 4.69) is 16.6 Å². The summed E-state index contributed by atoms with van der Waals surface area (Å²) in [7, 11) is -3.83. The van der Waals surface area contributed by atoms with Crippen LogP contribution in [0.5, 0.6) is 5.75 Å². The van der Waals surface area contributed by atoms with Crippen LogP contribution in [0.25, 0.3) is 0 Å². The third-order valence-corrected chi connectivity index (χ3v) is 5.13. The van der Waals surface area contributed by atoms with Gasteiger partial charge in [0, 0.05) is 11.3 Å². The average molecular weight is 364 g/mol. The summed E-state index contributed by atoms with van der Waals surface area (Å²) in [6.45, 7) is 1.93. The van der Waals surface area contributed by atoms with E-state index >= 15 is 0 Å². The predicted octanol–water partition coefficient (Wildman–Crippen LogP) is 1.70. The van der Waals surface area contributed by atoms with Crippen molar-refractivity contribution in [3.8, 4) is 17.6 Å². The first-order valence-electron chi connectivity index (χ1n) is 7.79. The fourth-order valence-corrected chi connectivity index (χ4v) is 3.63. The minimum atomic E-state index is -3.83. The van der Waals surface area contributed by atoms with Gasteiger partial charge in [-0.1, -0.05) is 5.92 Å². The first-order valence-corrected chi connectivity index (χ1v) is 9.28. The van der Waals surface area contributed by atoms with Crippen LogP contribution in [0.1, 0.15) is 32.6 Å². The zero-order valence-electron chi connectivity index (χ0n) is 13.8. The Bertz CT molecular complexity index is 817. The molecule has 8 heteroatoms. The summed E-state index contributed by atoms with van der Waals surface area (Å²) >= 11 is 0. The van der Waals surface area contributed by atoms with Crippen molar-refractivity contribution in [1.82, 2.24) is 10.2 Å². The lowest BCUT2D eigenvalue weighted by atomic mass is 9.96. The highest BCUT2D eigenvalue weighted by molar-refractivity contribution is 7.89. The van der Waals surface area contributed by atoms with Crippen LogP contribution in [0.15, 0.2) is 40.4 Å². The van der Waals surface area contributed by atoms with E-state index in [1.165, 1.54) is 12.1 Å². The van der Waals surface area contributed by atoms with E-state index in [9.17, 15) is 13.2 Å². The van der Waals surface area contributed by atoms with Gasteiger partial charge >= 0.3 is 0 Å². The van der Waals surface area contributed by atoms with Gasteiger partial charge in [-0.3, -0.25) is 14.7 Å². The van der Waals surface area contributed by atoms with Crippen LogP contribution in [0, 0.1) is 11.8 Å². The highest BCUT2D eigenvalue weighted by atomic mass is 32.2. The lowest BCUT2D eigenvalue weighted by Gasteiger charge is -2.20. The second kappa shape index (κ2) is 8.55. The van der Waals surface area contributed by atoms with Gasteiger partial charge in [-0.2, -0.15) is 0 Å². The minimum absolute atomic E-state index is 0.0586. The number of allylic oxidation sites excluding steroid dienone is 1. The van der Waals surface area contributed by atoms with E-state index in [1.54, 1.807) is 24.5 Å². The minimum Gasteiger partial charge on any atom is -0.481 e. The number of benzene rings is 1. The van der Waals surface area contributed by atoms with Crippen molar-refractivity contribution in [2.24, 2.45) is 0 Å². The van der Waals surface area contributed by atoms with Gasteiger partial charge in [0.05, 0.1) is 4.90 Å². The summed E-state index contributed by atoms with van der Waals surface area (Å²) in [6.07, 6.45) is 2.38. The van der Waals surface area contributed by atoms with Gasteiger partial charge in [0.1, 0.15) is 12.4 Å². The Morgan fingerprint density at radius 1 is 1.24 bits per heavy atom. The molecule has 0 aliphatic heterocycles. The quantitative estimate of drug-likeness (QED) is 0.405. The molecular formula is C17H20N2O5S. The maximum Gasteiger partial charge on any atom is 0.272 e. The monoisotopic (exact) mass is 364 g/mol. The molecule has 0 atom stereocenters. The van der Waals surface area contributed by atoms with Crippen LogP contribution in [0.2, 0.25) is 0 Å². The molecule has 0 bridgehead atoms. The third-order valence-electron chi connectivity index (χ3n) is 3.72. The molecule has 0 saturated carbocycles. The summed E-state index contributed by atoms with van der Waals surface area (Å²) in [5.41, 5.74) is 2.14. The average Bonchev–Trinajstić information content (AvgIpc) is 2.62. The van der Waals surface area contributed by atoms with Crippen molar-refractivity contribution in [3.05, 3.63) is 35.5 Å². The van der Waals surface area contributed by atoms with Gasteiger partial charge in [0.15, 0.2) is 0 Å². The normalized spacial score (nSPS) is 14.3. The molecule has 0 saturated heterocycles. The molecule has 0 radical (unpaired) electrons. The summed E-state index contributed by atoms with van der Waals surface area (Å²) < 4.78 is 32.9. The number of nitrogens with one attached hydrogen (secondary N) is 2. The molecule has 0 unspecified atom stereocenters. The molecule has 0 aromatic heterocycles. The molecule has 134 valence electrons.